The molecule has 0 radical (unpaired) electrons. The summed E-state index contributed by atoms with van der Waals surface area (Å²) in [6.45, 7) is 2.31. The molecule has 1 aromatic rings. The normalized spacial score (nSPS) is 18.4. The smallest absolute Gasteiger partial charge is 0.358 e. The van der Waals surface area contributed by atoms with Crippen LogP contribution in [-0.4, -0.2) is 41.5 Å². The summed E-state index contributed by atoms with van der Waals surface area (Å²) in [5.74, 6) is -0.788. The van der Waals surface area contributed by atoms with Gasteiger partial charge in [0.1, 0.15) is 6.10 Å². The van der Waals surface area contributed by atoms with E-state index < -0.39 is 12.1 Å². The molecule has 2 rings (SSSR count). The van der Waals surface area contributed by atoms with E-state index in [1.165, 1.54) is 11.8 Å². The molecule has 1 fully saturated rings. The highest BCUT2D eigenvalue weighted by Gasteiger charge is 2.28. The molecule has 0 bridgehead atoms. The van der Waals surface area contributed by atoms with Crippen LogP contribution in [0.1, 0.15) is 29.0 Å². The van der Waals surface area contributed by atoms with Gasteiger partial charge in [-0.15, -0.1) is 0 Å². The molecule has 1 amide bonds. The Kier molecular flexibility index (Phi) is 3.84. The Morgan fingerprint density at radius 3 is 2.84 bits per heavy atom. The molecule has 0 aliphatic carbocycles. The van der Waals surface area contributed by atoms with Gasteiger partial charge in [0.25, 0.3) is 5.91 Å². The second kappa shape index (κ2) is 5.40. The van der Waals surface area contributed by atoms with Crippen LogP contribution in [0.4, 0.5) is 5.69 Å². The van der Waals surface area contributed by atoms with Gasteiger partial charge >= 0.3 is 5.97 Å². The number of anilines is 1. The van der Waals surface area contributed by atoms with Crippen LogP contribution in [0.15, 0.2) is 0 Å². The fourth-order valence-electron chi connectivity index (χ4n) is 2.13. The highest BCUT2D eigenvalue weighted by atomic mass is 16.5. The molecule has 1 aromatic heterocycles. The van der Waals surface area contributed by atoms with E-state index in [9.17, 15) is 9.59 Å². The van der Waals surface area contributed by atoms with Gasteiger partial charge in [0, 0.05) is 13.7 Å². The van der Waals surface area contributed by atoms with E-state index >= 15 is 0 Å². The van der Waals surface area contributed by atoms with Crippen LogP contribution in [-0.2, 0) is 21.3 Å². The molecule has 7 nitrogen and oxygen atoms in total. The maximum absolute atomic E-state index is 12.0. The summed E-state index contributed by atoms with van der Waals surface area (Å²) in [6.07, 6.45) is 1.11. The molecular formula is C12H17N3O4. The zero-order chi connectivity index (χ0) is 14.0. The van der Waals surface area contributed by atoms with Crippen molar-refractivity contribution in [1.82, 2.24) is 9.78 Å². The molecular weight excluding hydrogens is 250 g/mol. The van der Waals surface area contributed by atoms with Crippen molar-refractivity contribution in [2.75, 3.05) is 19.0 Å². The summed E-state index contributed by atoms with van der Waals surface area (Å²) in [5, 5.41) is 6.83. The topological polar surface area (TPSA) is 82.4 Å². The third-order valence-electron chi connectivity index (χ3n) is 3.07. The molecule has 1 aliphatic rings. The maximum atomic E-state index is 12.0. The van der Waals surface area contributed by atoms with E-state index in [0.717, 1.165) is 6.42 Å². The van der Waals surface area contributed by atoms with Gasteiger partial charge in [0.05, 0.1) is 18.5 Å². The molecule has 0 aromatic carbocycles. The van der Waals surface area contributed by atoms with Gasteiger partial charge in [-0.25, -0.2) is 4.79 Å². The van der Waals surface area contributed by atoms with E-state index in [-0.39, 0.29) is 11.6 Å². The number of amides is 1. The zero-order valence-corrected chi connectivity index (χ0v) is 11.2. The first-order valence-electron chi connectivity index (χ1n) is 6.09. The molecule has 1 N–H and O–H groups in total. The molecule has 2 heterocycles. The number of carbonyl (C=O) groups excluding carboxylic acids is 2. The lowest BCUT2D eigenvalue weighted by molar-refractivity contribution is -0.124. The van der Waals surface area contributed by atoms with Crippen molar-refractivity contribution in [3.05, 3.63) is 11.4 Å². The lowest BCUT2D eigenvalue weighted by atomic mass is 10.2. The third kappa shape index (κ3) is 2.60. The number of hydrogen-bond acceptors (Lipinski definition) is 5. The van der Waals surface area contributed by atoms with Crippen molar-refractivity contribution in [2.24, 2.45) is 7.05 Å². The van der Waals surface area contributed by atoms with Crippen molar-refractivity contribution in [2.45, 2.75) is 25.9 Å². The van der Waals surface area contributed by atoms with Crippen molar-refractivity contribution < 1.29 is 19.1 Å². The lowest BCUT2D eigenvalue weighted by Gasteiger charge is -2.11. The van der Waals surface area contributed by atoms with E-state index in [0.29, 0.717) is 24.4 Å². The van der Waals surface area contributed by atoms with Crippen LogP contribution in [0.5, 0.6) is 0 Å². The Bertz CT molecular complexity index is 503. The zero-order valence-electron chi connectivity index (χ0n) is 11.2. The molecule has 19 heavy (non-hydrogen) atoms. The minimum atomic E-state index is -0.536. The van der Waals surface area contributed by atoms with Crippen LogP contribution < -0.4 is 5.32 Å². The van der Waals surface area contributed by atoms with Crippen LogP contribution in [0, 0.1) is 6.92 Å². The van der Waals surface area contributed by atoms with Gasteiger partial charge in [0.2, 0.25) is 0 Å². The summed E-state index contributed by atoms with van der Waals surface area (Å²) in [6, 6.07) is 0. The standard InChI is InChI=1S/C12H17N3O4/c1-7-9(10(12(17)18-3)15(2)14-7)13-11(16)8-5-4-6-19-8/h8H,4-6H2,1-3H3,(H,13,16). The predicted molar refractivity (Wildman–Crippen MR) is 66.9 cm³/mol. The largest absolute Gasteiger partial charge is 0.464 e. The number of ether oxygens (including phenoxy) is 2. The average molecular weight is 267 g/mol. The van der Waals surface area contributed by atoms with Crippen LogP contribution in [0.2, 0.25) is 0 Å². The second-order valence-corrected chi connectivity index (χ2v) is 4.42. The Morgan fingerprint density at radius 1 is 1.53 bits per heavy atom. The average Bonchev–Trinajstić information content (AvgIpc) is 2.98. The van der Waals surface area contributed by atoms with Gasteiger partial charge in [-0.2, -0.15) is 5.10 Å². The lowest BCUT2D eigenvalue weighted by Crippen LogP contribution is -2.28. The molecule has 7 heteroatoms. The van der Waals surface area contributed by atoms with Gasteiger partial charge in [-0.05, 0) is 19.8 Å². The second-order valence-electron chi connectivity index (χ2n) is 4.42. The number of rotatable bonds is 3. The van der Waals surface area contributed by atoms with Crippen LogP contribution in [0.3, 0.4) is 0 Å². The van der Waals surface area contributed by atoms with Gasteiger partial charge in [-0.3, -0.25) is 9.48 Å². The Balaban J connectivity index is 2.23. The molecule has 104 valence electrons. The van der Waals surface area contributed by atoms with Gasteiger partial charge in [0.15, 0.2) is 5.69 Å². The number of esters is 1. The third-order valence-corrected chi connectivity index (χ3v) is 3.07. The molecule has 0 saturated carbocycles. The Morgan fingerprint density at radius 2 is 2.26 bits per heavy atom. The van der Waals surface area contributed by atoms with E-state index in [1.54, 1.807) is 14.0 Å². The summed E-state index contributed by atoms with van der Waals surface area (Å²) < 4.78 is 11.4. The highest BCUT2D eigenvalue weighted by Crippen LogP contribution is 2.22. The minimum absolute atomic E-state index is 0.228. The quantitative estimate of drug-likeness (QED) is 0.812. The molecule has 1 atom stereocenters. The van der Waals surface area contributed by atoms with Crippen molar-refractivity contribution in [3.8, 4) is 0 Å². The number of hydrogen-bond donors (Lipinski definition) is 1. The summed E-state index contributed by atoms with van der Waals surface area (Å²) in [5.41, 5.74) is 1.18. The van der Waals surface area contributed by atoms with Crippen molar-refractivity contribution in [1.29, 1.82) is 0 Å². The summed E-state index contributed by atoms with van der Waals surface area (Å²) >= 11 is 0. The fourth-order valence-corrected chi connectivity index (χ4v) is 2.13. The van der Waals surface area contributed by atoms with E-state index in [4.69, 9.17) is 9.47 Å². The van der Waals surface area contributed by atoms with E-state index in [1.807, 2.05) is 0 Å². The maximum Gasteiger partial charge on any atom is 0.358 e. The summed E-state index contributed by atoms with van der Waals surface area (Å²) in [7, 11) is 2.91. The number of nitrogens with zero attached hydrogens (tertiary/aromatic N) is 2. The predicted octanol–water partition coefficient (Wildman–Crippen LogP) is 0.633. The fraction of sp³-hybridized carbons (Fsp3) is 0.583. The SMILES string of the molecule is COC(=O)c1c(NC(=O)C2CCCO2)c(C)nn1C. The van der Waals surface area contributed by atoms with E-state index in [2.05, 4.69) is 10.4 Å². The molecule has 0 spiro atoms. The number of nitrogens with one attached hydrogen (secondary N) is 1. The Labute approximate surface area is 110 Å². The van der Waals surface area contributed by atoms with Crippen molar-refractivity contribution in [3.63, 3.8) is 0 Å². The number of aromatic nitrogens is 2. The highest BCUT2D eigenvalue weighted by molar-refractivity contribution is 6.02. The number of aryl methyl sites for hydroxylation is 2. The molecule has 1 aliphatic heterocycles. The van der Waals surface area contributed by atoms with Gasteiger partial charge < -0.3 is 14.8 Å². The van der Waals surface area contributed by atoms with Gasteiger partial charge in [-0.1, -0.05) is 0 Å². The first kappa shape index (κ1) is 13.5. The molecule has 1 saturated heterocycles. The first-order valence-corrected chi connectivity index (χ1v) is 6.09. The number of carbonyl (C=O) groups is 2. The van der Waals surface area contributed by atoms with Crippen LogP contribution in [0.25, 0.3) is 0 Å². The van der Waals surface area contributed by atoms with Crippen molar-refractivity contribution >= 4 is 17.6 Å². The molecule has 1 unspecified atom stereocenters. The first-order chi connectivity index (χ1) is 9.04. The Hall–Kier alpha value is -1.89. The van der Waals surface area contributed by atoms with Crippen LogP contribution >= 0.6 is 0 Å². The number of methoxy groups -OCH3 is 1. The summed E-state index contributed by atoms with van der Waals surface area (Å²) in [4.78, 5) is 23.7. The minimum Gasteiger partial charge on any atom is -0.464 e. The monoisotopic (exact) mass is 267 g/mol.